The van der Waals surface area contributed by atoms with Crippen molar-refractivity contribution in [3.8, 4) is 11.5 Å². The molecule has 0 saturated carbocycles. The second-order valence-electron chi connectivity index (χ2n) is 9.79. The van der Waals surface area contributed by atoms with E-state index in [-0.39, 0.29) is 18.2 Å². The monoisotopic (exact) mass is 657 g/mol. The number of thioether (sulfide) groups is 1. The Balaban J connectivity index is 1.45. The fraction of sp³-hybridized carbons (Fsp3) is 0.152. The van der Waals surface area contributed by atoms with Crippen LogP contribution in [0.1, 0.15) is 29.2 Å². The van der Waals surface area contributed by atoms with Crippen LogP contribution in [0.3, 0.4) is 0 Å². The zero-order valence-corrected chi connectivity index (χ0v) is 26.1. The molecular weight excluding hydrogens is 630 g/mol. The van der Waals surface area contributed by atoms with E-state index in [9.17, 15) is 14.9 Å². The zero-order chi connectivity index (χ0) is 30.5. The maximum Gasteiger partial charge on any atom is 0.271 e. The van der Waals surface area contributed by atoms with E-state index in [4.69, 9.17) is 14.5 Å². The molecule has 10 heteroatoms. The Kier molecular flexibility index (Phi) is 9.27. The number of nitrogens with zero attached hydrogens (tertiary/aromatic N) is 3. The molecule has 0 N–H and O–H groups in total. The molecule has 0 bridgehead atoms. The van der Waals surface area contributed by atoms with Crippen LogP contribution >= 0.6 is 27.7 Å². The molecule has 0 atom stereocenters. The van der Waals surface area contributed by atoms with Gasteiger partial charge < -0.3 is 9.47 Å². The minimum atomic E-state index is -0.438. The Morgan fingerprint density at radius 3 is 2.23 bits per heavy atom. The maximum atomic E-state index is 13.8. The van der Waals surface area contributed by atoms with Crippen LogP contribution in [0.4, 0.5) is 17.1 Å². The van der Waals surface area contributed by atoms with Gasteiger partial charge in [0, 0.05) is 12.1 Å². The summed E-state index contributed by atoms with van der Waals surface area (Å²) in [5, 5.41) is 11.5. The van der Waals surface area contributed by atoms with Crippen LogP contribution in [0.2, 0.25) is 0 Å². The largest absolute Gasteiger partial charge is 0.490 e. The van der Waals surface area contributed by atoms with Crippen molar-refractivity contribution in [1.82, 2.24) is 0 Å². The molecule has 4 aromatic carbocycles. The summed E-state index contributed by atoms with van der Waals surface area (Å²) in [4.78, 5) is 31.3. The topological polar surface area (TPSA) is 94.3 Å². The van der Waals surface area contributed by atoms with Gasteiger partial charge in [0.15, 0.2) is 16.7 Å². The van der Waals surface area contributed by atoms with Crippen LogP contribution in [0, 0.1) is 24.0 Å². The number of nitro benzene ring substituents is 1. The Bertz CT molecular complexity index is 1720. The molecule has 0 aromatic heterocycles. The number of rotatable bonds is 9. The highest BCUT2D eigenvalue weighted by Crippen LogP contribution is 2.41. The minimum absolute atomic E-state index is 0.0182. The van der Waals surface area contributed by atoms with Gasteiger partial charge in [-0.1, -0.05) is 35.4 Å². The summed E-state index contributed by atoms with van der Waals surface area (Å²) in [5.41, 5.74) is 5.26. The van der Waals surface area contributed by atoms with Crippen LogP contribution in [0.15, 0.2) is 99.3 Å². The normalized spacial score (nSPS) is 14.9. The third-order valence-corrected chi connectivity index (χ3v) is 8.07. The molecule has 1 aliphatic rings. The number of non-ortho nitro benzene ring substituents is 1. The Hall–Kier alpha value is -4.41. The zero-order valence-electron chi connectivity index (χ0n) is 23.7. The lowest BCUT2D eigenvalue weighted by Crippen LogP contribution is -2.28. The van der Waals surface area contributed by atoms with Gasteiger partial charge in [0.1, 0.15) is 6.61 Å². The third kappa shape index (κ3) is 7.15. The van der Waals surface area contributed by atoms with Crippen molar-refractivity contribution in [1.29, 1.82) is 0 Å². The van der Waals surface area contributed by atoms with Gasteiger partial charge in [-0.25, -0.2) is 4.99 Å². The molecule has 1 amide bonds. The smallest absolute Gasteiger partial charge is 0.271 e. The van der Waals surface area contributed by atoms with Gasteiger partial charge in [-0.2, -0.15) is 0 Å². The van der Waals surface area contributed by atoms with Crippen LogP contribution in [-0.4, -0.2) is 22.6 Å². The summed E-state index contributed by atoms with van der Waals surface area (Å²) in [7, 11) is 0. The first-order chi connectivity index (χ1) is 20.7. The molecule has 1 aliphatic heterocycles. The number of carbonyl (C=O) groups is 1. The standard InChI is InChI=1S/C33H28BrN3O5S/c1-4-41-29-18-24(17-28(34)31(29)42-20-23-9-15-27(16-10-23)37(39)40)19-30-32(38)36(26-13-7-22(3)8-14-26)33(43-30)35-25-11-5-21(2)6-12-25/h5-19H,4,20H2,1-3H3/b30-19-,35-33?. The van der Waals surface area contributed by atoms with Gasteiger partial charge >= 0.3 is 0 Å². The molecule has 5 rings (SSSR count). The highest BCUT2D eigenvalue weighted by atomic mass is 79.9. The van der Waals surface area contributed by atoms with Gasteiger partial charge in [0.05, 0.1) is 32.3 Å². The first kappa shape index (κ1) is 30.1. The number of hydrogen-bond donors (Lipinski definition) is 0. The van der Waals surface area contributed by atoms with Crippen LogP contribution in [0.25, 0.3) is 6.08 Å². The lowest BCUT2D eigenvalue weighted by atomic mass is 10.1. The van der Waals surface area contributed by atoms with Gasteiger partial charge in [-0.05, 0) is 114 Å². The number of amidine groups is 1. The number of halogens is 1. The third-order valence-electron chi connectivity index (χ3n) is 6.52. The molecule has 0 aliphatic carbocycles. The fourth-order valence-corrected chi connectivity index (χ4v) is 5.87. The van der Waals surface area contributed by atoms with Crippen LogP contribution in [-0.2, 0) is 11.4 Å². The SMILES string of the molecule is CCOc1cc(/C=C2\SC(=Nc3ccc(C)cc3)N(c3ccc(C)cc3)C2=O)cc(Br)c1OCc1ccc([N+](=O)[O-])cc1. The summed E-state index contributed by atoms with van der Waals surface area (Å²) in [6.45, 7) is 6.50. The average molecular weight is 659 g/mol. The quantitative estimate of drug-likeness (QED) is 0.101. The molecule has 43 heavy (non-hydrogen) atoms. The Labute approximate surface area is 262 Å². The molecule has 8 nitrogen and oxygen atoms in total. The summed E-state index contributed by atoms with van der Waals surface area (Å²) < 4.78 is 12.6. The van der Waals surface area contributed by atoms with E-state index in [0.29, 0.717) is 32.7 Å². The fourth-order valence-electron chi connectivity index (χ4n) is 4.30. The minimum Gasteiger partial charge on any atom is -0.490 e. The number of benzene rings is 4. The second-order valence-corrected chi connectivity index (χ2v) is 11.7. The number of nitro groups is 1. The highest BCUT2D eigenvalue weighted by Gasteiger charge is 2.35. The van der Waals surface area contributed by atoms with E-state index >= 15 is 0 Å². The highest BCUT2D eigenvalue weighted by molar-refractivity contribution is 9.10. The molecule has 4 aromatic rings. The van der Waals surface area contributed by atoms with Crippen molar-refractivity contribution in [3.63, 3.8) is 0 Å². The molecule has 1 fully saturated rings. The van der Waals surface area contributed by atoms with E-state index in [1.165, 1.54) is 23.9 Å². The Morgan fingerprint density at radius 2 is 1.60 bits per heavy atom. The molecule has 218 valence electrons. The summed E-state index contributed by atoms with van der Waals surface area (Å²) in [5.74, 6) is 0.827. The lowest BCUT2D eigenvalue weighted by molar-refractivity contribution is -0.384. The molecule has 0 radical (unpaired) electrons. The summed E-state index contributed by atoms with van der Waals surface area (Å²) in [6, 6.07) is 25.5. The van der Waals surface area contributed by atoms with Gasteiger partial charge in [0.25, 0.3) is 11.6 Å². The van der Waals surface area contributed by atoms with Crippen molar-refractivity contribution in [2.45, 2.75) is 27.4 Å². The van der Waals surface area contributed by atoms with Crippen molar-refractivity contribution in [3.05, 3.63) is 127 Å². The molecular formula is C33H28BrN3O5S. The molecule has 0 spiro atoms. The molecule has 1 heterocycles. The first-order valence-electron chi connectivity index (χ1n) is 13.5. The maximum absolute atomic E-state index is 13.8. The number of ether oxygens (including phenoxy) is 2. The van der Waals surface area contributed by atoms with Gasteiger partial charge in [-0.15, -0.1) is 0 Å². The Morgan fingerprint density at radius 1 is 0.953 bits per heavy atom. The van der Waals surface area contributed by atoms with Gasteiger partial charge in [-0.3, -0.25) is 19.8 Å². The van der Waals surface area contributed by atoms with Crippen molar-refractivity contribution < 1.29 is 19.2 Å². The average Bonchev–Trinajstić information content (AvgIpc) is 3.28. The number of hydrogen-bond acceptors (Lipinski definition) is 7. The number of anilines is 1. The summed E-state index contributed by atoms with van der Waals surface area (Å²) >= 11 is 4.92. The number of aliphatic imine (C=N–C) groups is 1. The van der Waals surface area contributed by atoms with E-state index in [1.54, 1.807) is 17.0 Å². The first-order valence-corrected chi connectivity index (χ1v) is 15.1. The van der Waals surface area contributed by atoms with E-state index in [2.05, 4.69) is 15.9 Å². The van der Waals surface area contributed by atoms with E-state index < -0.39 is 4.92 Å². The van der Waals surface area contributed by atoms with E-state index in [0.717, 1.165) is 33.6 Å². The van der Waals surface area contributed by atoms with Gasteiger partial charge in [0.2, 0.25) is 0 Å². The van der Waals surface area contributed by atoms with E-state index in [1.807, 2.05) is 87.5 Å². The molecule has 1 saturated heterocycles. The number of aryl methyl sites for hydroxylation is 2. The van der Waals surface area contributed by atoms with Crippen LogP contribution in [0.5, 0.6) is 11.5 Å². The summed E-state index contributed by atoms with van der Waals surface area (Å²) in [6.07, 6.45) is 1.82. The van der Waals surface area contributed by atoms with Crippen molar-refractivity contribution in [2.75, 3.05) is 11.5 Å². The lowest BCUT2D eigenvalue weighted by Gasteiger charge is -2.16. The van der Waals surface area contributed by atoms with Crippen molar-refractivity contribution in [2.24, 2.45) is 4.99 Å². The second kappa shape index (κ2) is 13.3. The number of carbonyl (C=O) groups excluding carboxylic acids is 1. The van der Waals surface area contributed by atoms with Crippen LogP contribution < -0.4 is 14.4 Å². The molecule has 0 unspecified atom stereocenters. The predicted octanol–water partition coefficient (Wildman–Crippen LogP) is 8.76. The van der Waals surface area contributed by atoms with Crippen molar-refractivity contribution >= 4 is 61.9 Å². The number of amides is 1. The predicted molar refractivity (Wildman–Crippen MR) is 175 cm³/mol.